The Balaban J connectivity index is 3.29. The van der Waals surface area contributed by atoms with Gasteiger partial charge in [-0.1, -0.05) is 0 Å². The van der Waals surface area contributed by atoms with Crippen molar-refractivity contribution in [2.24, 2.45) is 0 Å². The first-order chi connectivity index (χ1) is 5.47. The summed E-state index contributed by atoms with van der Waals surface area (Å²) in [5.74, 6) is 0.186. The maximum absolute atomic E-state index is 11.2. The highest BCUT2D eigenvalue weighted by Crippen LogP contribution is 2.05. The largest absolute Gasteiger partial charge is 0.382 e. The number of nitrogens with zero attached hydrogens (tertiary/aromatic N) is 2. The minimum Gasteiger partial charge on any atom is -0.382 e. The molecular formula is C5H10N4O2S. The van der Waals surface area contributed by atoms with Gasteiger partial charge < -0.3 is 5.73 Å². The number of nitrogens with two attached hydrogens (primary N) is 1. The van der Waals surface area contributed by atoms with Gasteiger partial charge in [0.05, 0.1) is 5.69 Å². The first-order valence-corrected chi connectivity index (χ1v) is 4.67. The molecule has 1 heterocycles. The number of rotatable bonds is 2. The van der Waals surface area contributed by atoms with Crippen molar-refractivity contribution in [1.29, 1.82) is 0 Å². The van der Waals surface area contributed by atoms with Gasteiger partial charge in [0, 0.05) is 13.1 Å². The summed E-state index contributed by atoms with van der Waals surface area (Å²) in [6.07, 6.45) is 0. The van der Waals surface area contributed by atoms with E-state index in [2.05, 4.69) is 9.82 Å². The smallest absolute Gasteiger partial charge is 0.320 e. The van der Waals surface area contributed by atoms with Crippen LogP contribution in [0.25, 0.3) is 0 Å². The van der Waals surface area contributed by atoms with Gasteiger partial charge in [0.2, 0.25) is 0 Å². The van der Waals surface area contributed by atoms with Crippen LogP contribution in [0, 0.1) is 6.92 Å². The van der Waals surface area contributed by atoms with Crippen molar-refractivity contribution in [1.82, 2.24) is 13.9 Å². The molecule has 7 heteroatoms. The lowest BCUT2D eigenvalue weighted by molar-refractivity contribution is 0.570. The number of hydrogen-bond donors (Lipinski definition) is 2. The van der Waals surface area contributed by atoms with E-state index in [1.54, 1.807) is 6.92 Å². The molecule has 0 atom stereocenters. The lowest BCUT2D eigenvalue weighted by Crippen LogP contribution is -2.28. The molecule has 0 spiro atoms. The second kappa shape index (κ2) is 2.76. The van der Waals surface area contributed by atoms with Gasteiger partial charge in [-0.05, 0) is 6.92 Å². The molecule has 6 nitrogen and oxygen atoms in total. The highest BCUT2D eigenvalue weighted by molar-refractivity contribution is 7.87. The molecule has 68 valence electrons. The molecular weight excluding hydrogens is 180 g/mol. The van der Waals surface area contributed by atoms with E-state index in [9.17, 15) is 8.42 Å². The summed E-state index contributed by atoms with van der Waals surface area (Å²) in [5, 5.41) is 3.60. The van der Waals surface area contributed by atoms with Crippen LogP contribution in [-0.4, -0.2) is 24.7 Å². The zero-order chi connectivity index (χ0) is 9.35. The highest BCUT2D eigenvalue weighted by Gasteiger charge is 2.13. The van der Waals surface area contributed by atoms with Crippen LogP contribution >= 0.6 is 0 Å². The Labute approximate surface area is 70.6 Å². The standard InChI is InChI=1S/C5H10N4O2S/c1-4-3-5(6)8-9(4)12(10,11)7-2/h3,7H,1-2H3,(H2,6,8). The van der Waals surface area contributed by atoms with Gasteiger partial charge in [-0.25, -0.2) is 0 Å². The van der Waals surface area contributed by atoms with E-state index in [4.69, 9.17) is 5.73 Å². The van der Waals surface area contributed by atoms with E-state index in [-0.39, 0.29) is 5.82 Å². The average molecular weight is 190 g/mol. The number of hydrogen-bond acceptors (Lipinski definition) is 4. The van der Waals surface area contributed by atoms with Gasteiger partial charge in [-0.15, -0.1) is 9.19 Å². The van der Waals surface area contributed by atoms with Crippen molar-refractivity contribution >= 4 is 16.0 Å². The molecule has 0 aromatic carbocycles. The fraction of sp³-hybridized carbons (Fsp3) is 0.400. The summed E-state index contributed by atoms with van der Waals surface area (Å²) in [6, 6.07) is 1.48. The zero-order valence-corrected chi connectivity index (χ0v) is 7.59. The molecule has 0 unspecified atom stereocenters. The predicted octanol–water partition coefficient (Wildman–Crippen LogP) is -0.914. The normalized spacial score (nSPS) is 11.8. The summed E-state index contributed by atoms with van der Waals surface area (Å²) in [7, 11) is -2.22. The summed E-state index contributed by atoms with van der Waals surface area (Å²) in [6.45, 7) is 1.61. The Bertz CT molecular complexity index is 380. The van der Waals surface area contributed by atoms with Crippen LogP contribution in [0.1, 0.15) is 5.69 Å². The van der Waals surface area contributed by atoms with E-state index in [1.807, 2.05) is 0 Å². The van der Waals surface area contributed by atoms with Crippen molar-refractivity contribution in [2.75, 3.05) is 12.8 Å². The number of anilines is 1. The Kier molecular flexibility index (Phi) is 2.07. The van der Waals surface area contributed by atoms with E-state index in [0.29, 0.717) is 5.69 Å². The van der Waals surface area contributed by atoms with Gasteiger partial charge in [0.15, 0.2) is 0 Å². The van der Waals surface area contributed by atoms with Crippen molar-refractivity contribution in [3.05, 3.63) is 11.8 Å². The van der Waals surface area contributed by atoms with Gasteiger partial charge in [0.1, 0.15) is 5.82 Å². The Hall–Kier alpha value is -1.08. The number of aryl methyl sites for hydroxylation is 1. The maximum Gasteiger partial charge on any atom is 0.320 e. The van der Waals surface area contributed by atoms with E-state index >= 15 is 0 Å². The van der Waals surface area contributed by atoms with Gasteiger partial charge in [0.25, 0.3) is 0 Å². The van der Waals surface area contributed by atoms with E-state index in [0.717, 1.165) is 4.09 Å². The summed E-state index contributed by atoms with van der Waals surface area (Å²) >= 11 is 0. The Morgan fingerprint density at radius 1 is 1.67 bits per heavy atom. The molecule has 0 radical (unpaired) electrons. The molecule has 1 aromatic heterocycles. The number of aromatic nitrogens is 2. The minimum atomic E-state index is -3.53. The predicted molar refractivity (Wildman–Crippen MR) is 44.8 cm³/mol. The van der Waals surface area contributed by atoms with Crippen molar-refractivity contribution < 1.29 is 8.42 Å². The zero-order valence-electron chi connectivity index (χ0n) is 6.77. The molecule has 3 N–H and O–H groups in total. The van der Waals surface area contributed by atoms with Gasteiger partial charge in [-0.2, -0.15) is 13.1 Å². The maximum atomic E-state index is 11.2. The van der Waals surface area contributed by atoms with Crippen molar-refractivity contribution in [3.8, 4) is 0 Å². The summed E-state index contributed by atoms with van der Waals surface area (Å²) in [5.41, 5.74) is 5.78. The van der Waals surface area contributed by atoms with Gasteiger partial charge >= 0.3 is 10.2 Å². The molecule has 0 saturated carbocycles. The van der Waals surface area contributed by atoms with Gasteiger partial charge in [-0.3, -0.25) is 0 Å². The molecule has 12 heavy (non-hydrogen) atoms. The molecule has 0 amide bonds. The van der Waals surface area contributed by atoms with E-state index in [1.165, 1.54) is 13.1 Å². The second-order valence-corrected chi connectivity index (χ2v) is 3.97. The van der Waals surface area contributed by atoms with E-state index < -0.39 is 10.2 Å². The van der Waals surface area contributed by atoms with Crippen LogP contribution in [0.15, 0.2) is 6.07 Å². The molecule has 0 aliphatic heterocycles. The highest BCUT2D eigenvalue weighted by atomic mass is 32.2. The topological polar surface area (TPSA) is 90.0 Å². The molecule has 0 aliphatic carbocycles. The first-order valence-electron chi connectivity index (χ1n) is 3.23. The molecule has 1 aromatic rings. The van der Waals surface area contributed by atoms with Crippen LogP contribution in [0.3, 0.4) is 0 Å². The third kappa shape index (κ3) is 1.41. The van der Waals surface area contributed by atoms with Crippen LogP contribution < -0.4 is 10.5 Å². The number of nitrogen functional groups attached to an aromatic ring is 1. The average Bonchev–Trinajstić information content (AvgIpc) is 2.31. The van der Waals surface area contributed by atoms with Crippen LogP contribution in [0.4, 0.5) is 5.82 Å². The Morgan fingerprint density at radius 3 is 2.58 bits per heavy atom. The summed E-state index contributed by atoms with van der Waals surface area (Å²) < 4.78 is 25.3. The minimum absolute atomic E-state index is 0.186. The lowest BCUT2D eigenvalue weighted by atomic mass is 10.5. The molecule has 1 rings (SSSR count). The fourth-order valence-electron chi connectivity index (χ4n) is 0.812. The molecule has 0 bridgehead atoms. The monoisotopic (exact) mass is 190 g/mol. The lowest BCUT2D eigenvalue weighted by Gasteiger charge is -2.02. The van der Waals surface area contributed by atoms with Crippen molar-refractivity contribution in [3.63, 3.8) is 0 Å². The first kappa shape index (κ1) is 9.01. The van der Waals surface area contributed by atoms with Crippen LogP contribution in [-0.2, 0) is 10.2 Å². The quantitative estimate of drug-likeness (QED) is 0.631. The fourth-order valence-corrected chi connectivity index (χ4v) is 1.62. The number of nitrogens with one attached hydrogen (secondary N) is 1. The molecule has 0 saturated heterocycles. The second-order valence-electron chi connectivity index (χ2n) is 2.26. The molecule has 0 fully saturated rings. The third-order valence-corrected chi connectivity index (χ3v) is 2.69. The van der Waals surface area contributed by atoms with Crippen LogP contribution in [0.2, 0.25) is 0 Å². The summed E-state index contributed by atoms with van der Waals surface area (Å²) in [4.78, 5) is 0. The van der Waals surface area contributed by atoms with Crippen LogP contribution in [0.5, 0.6) is 0 Å². The Morgan fingerprint density at radius 2 is 2.25 bits per heavy atom. The SMILES string of the molecule is CNS(=O)(=O)n1nc(N)cc1C. The molecule has 0 aliphatic rings. The van der Waals surface area contributed by atoms with Crippen molar-refractivity contribution in [2.45, 2.75) is 6.92 Å². The third-order valence-electron chi connectivity index (χ3n) is 1.35.